The minimum atomic E-state index is -3.74. The molecule has 0 atom stereocenters. The summed E-state index contributed by atoms with van der Waals surface area (Å²) in [5.74, 6) is 1.58. The van der Waals surface area contributed by atoms with Crippen molar-refractivity contribution >= 4 is 21.4 Å². The van der Waals surface area contributed by atoms with Gasteiger partial charge in [0.15, 0.2) is 0 Å². The molecule has 0 heterocycles. The smallest absolute Gasteiger partial charge is 0.238 e. The summed E-state index contributed by atoms with van der Waals surface area (Å²) in [4.78, 5) is 0.0330. The molecule has 0 saturated heterocycles. The lowest BCUT2D eigenvalue weighted by atomic mass is 9.85. The Morgan fingerprint density at radius 2 is 1.65 bits per heavy atom. The van der Waals surface area contributed by atoms with Gasteiger partial charge in [0.1, 0.15) is 0 Å². The topological polar surface area (TPSA) is 98.2 Å². The molecule has 1 aromatic rings. The molecule has 0 bridgehead atoms. The van der Waals surface area contributed by atoms with Crippen LogP contribution in [0, 0.1) is 17.8 Å². The van der Waals surface area contributed by atoms with Crippen LogP contribution in [0.4, 0.5) is 11.4 Å². The second kappa shape index (κ2) is 6.45. The zero-order valence-electron chi connectivity index (χ0n) is 12.6. The van der Waals surface area contributed by atoms with Crippen molar-refractivity contribution in [1.29, 1.82) is 0 Å². The molecule has 5 nitrogen and oxygen atoms in total. The van der Waals surface area contributed by atoms with Crippen molar-refractivity contribution in [2.24, 2.45) is 22.9 Å². The number of anilines is 2. The molecule has 5 N–H and O–H groups in total. The molecule has 0 aromatic heterocycles. The predicted octanol–water partition coefficient (Wildman–Crippen LogP) is 2.26. The summed E-state index contributed by atoms with van der Waals surface area (Å²) in [6, 6.07) is 4.60. The molecule has 1 aromatic carbocycles. The fourth-order valence-corrected chi connectivity index (χ4v) is 2.96. The van der Waals surface area contributed by atoms with E-state index >= 15 is 0 Å². The fourth-order valence-electron chi connectivity index (χ4n) is 2.37. The summed E-state index contributed by atoms with van der Waals surface area (Å²) in [6.45, 7) is 9.49. The van der Waals surface area contributed by atoms with Gasteiger partial charge in [0.2, 0.25) is 10.0 Å². The maximum atomic E-state index is 11.4. The molecule has 1 rings (SSSR count). The van der Waals surface area contributed by atoms with Gasteiger partial charge in [0.05, 0.1) is 4.90 Å². The van der Waals surface area contributed by atoms with Crippen LogP contribution in [-0.4, -0.2) is 15.0 Å². The Balaban J connectivity index is 2.91. The van der Waals surface area contributed by atoms with Crippen molar-refractivity contribution in [3.05, 3.63) is 18.2 Å². The molecule has 114 valence electrons. The number of nitrogens with two attached hydrogens (primary N) is 2. The first-order chi connectivity index (χ1) is 9.11. The number of primary sulfonamides is 1. The van der Waals surface area contributed by atoms with E-state index < -0.39 is 10.0 Å². The van der Waals surface area contributed by atoms with Gasteiger partial charge in [-0.2, -0.15) is 0 Å². The van der Waals surface area contributed by atoms with E-state index in [1.165, 1.54) is 12.1 Å². The second-order valence-corrected chi connectivity index (χ2v) is 7.43. The third-order valence-electron chi connectivity index (χ3n) is 3.51. The lowest BCUT2D eigenvalue weighted by molar-refractivity contribution is 0.304. The highest BCUT2D eigenvalue weighted by Gasteiger charge is 2.17. The van der Waals surface area contributed by atoms with Crippen molar-refractivity contribution in [3.8, 4) is 0 Å². The van der Waals surface area contributed by atoms with Gasteiger partial charge in [-0.3, -0.25) is 0 Å². The lowest BCUT2D eigenvalue weighted by Gasteiger charge is -2.25. The van der Waals surface area contributed by atoms with E-state index in [-0.39, 0.29) is 4.90 Å². The average molecular weight is 299 g/mol. The van der Waals surface area contributed by atoms with Gasteiger partial charge in [0, 0.05) is 17.9 Å². The first-order valence-electron chi connectivity index (χ1n) is 6.78. The molecule has 20 heavy (non-hydrogen) atoms. The maximum absolute atomic E-state index is 11.4. The predicted molar refractivity (Wildman–Crippen MR) is 83.9 cm³/mol. The van der Waals surface area contributed by atoms with Crippen molar-refractivity contribution in [3.63, 3.8) is 0 Å². The largest absolute Gasteiger partial charge is 0.399 e. The number of nitrogen functional groups attached to an aromatic ring is 1. The Kier molecular flexibility index (Phi) is 5.42. The summed E-state index contributed by atoms with van der Waals surface area (Å²) < 4.78 is 22.8. The normalized spacial score (nSPS) is 12.4. The standard InChI is InChI=1S/C14H25N3O2S/c1-9(2)14(10(3)4)8-17-12-5-11(15)6-13(7-12)20(16,18)19/h5-7,9-10,14,17H,8,15H2,1-4H3,(H2,16,18,19). The van der Waals surface area contributed by atoms with Crippen LogP contribution < -0.4 is 16.2 Å². The molecule has 0 amide bonds. The van der Waals surface area contributed by atoms with Crippen LogP contribution >= 0.6 is 0 Å². The molecular formula is C14H25N3O2S. The molecule has 0 aliphatic rings. The number of hydrogen-bond acceptors (Lipinski definition) is 4. The van der Waals surface area contributed by atoms with E-state index in [4.69, 9.17) is 10.9 Å². The Morgan fingerprint density at radius 1 is 1.10 bits per heavy atom. The highest BCUT2D eigenvalue weighted by atomic mass is 32.2. The van der Waals surface area contributed by atoms with Gasteiger partial charge in [-0.1, -0.05) is 27.7 Å². The molecule has 0 aliphatic carbocycles. The van der Waals surface area contributed by atoms with E-state index in [0.29, 0.717) is 29.1 Å². The van der Waals surface area contributed by atoms with E-state index in [0.717, 1.165) is 6.54 Å². The Labute approximate surface area is 121 Å². The maximum Gasteiger partial charge on any atom is 0.238 e. The highest BCUT2D eigenvalue weighted by molar-refractivity contribution is 7.89. The lowest BCUT2D eigenvalue weighted by Crippen LogP contribution is -2.24. The van der Waals surface area contributed by atoms with Crippen LogP contribution in [-0.2, 0) is 10.0 Å². The van der Waals surface area contributed by atoms with Crippen LogP contribution in [0.3, 0.4) is 0 Å². The van der Waals surface area contributed by atoms with Crippen molar-refractivity contribution < 1.29 is 8.42 Å². The molecule has 0 fully saturated rings. The quantitative estimate of drug-likeness (QED) is 0.702. The number of nitrogens with one attached hydrogen (secondary N) is 1. The monoisotopic (exact) mass is 299 g/mol. The average Bonchev–Trinajstić information content (AvgIpc) is 2.26. The zero-order chi connectivity index (χ0) is 15.5. The van der Waals surface area contributed by atoms with Crippen LogP contribution in [0.2, 0.25) is 0 Å². The molecular weight excluding hydrogens is 274 g/mol. The van der Waals surface area contributed by atoms with Crippen molar-refractivity contribution in [2.75, 3.05) is 17.6 Å². The minimum Gasteiger partial charge on any atom is -0.399 e. The summed E-state index contributed by atoms with van der Waals surface area (Å²) in [7, 11) is -3.74. The summed E-state index contributed by atoms with van der Waals surface area (Å²) in [5.41, 5.74) is 6.78. The van der Waals surface area contributed by atoms with E-state index in [1.54, 1.807) is 6.07 Å². The second-order valence-electron chi connectivity index (χ2n) is 5.87. The van der Waals surface area contributed by atoms with Gasteiger partial charge in [-0.05, 0) is 36.0 Å². The van der Waals surface area contributed by atoms with Crippen LogP contribution in [0.5, 0.6) is 0 Å². The van der Waals surface area contributed by atoms with Gasteiger partial charge >= 0.3 is 0 Å². The molecule has 0 saturated carbocycles. The first-order valence-corrected chi connectivity index (χ1v) is 8.33. The third kappa shape index (κ3) is 4.68. The third-order valence-corrected chi connectivity index (χ3v) is 4.40. The fraction of sp³-hybridized carbons (Fsp3) is 0.571. The molecule has 0 unspecified atom stereocenters. The SMILES string of the molecule is CC(C)C(CNc1cc(N)cc(S(N)(=O)=O)c1)C(C)C. The first kappa shape index (κ1) is 16.8. The van der Waals surface area contributed by atoms with Gasteiger partial charge in [0.25, 0.3) is 0 Å². The summed E-state index contributed by atoms with van der Waals surface area (Å²) >= 11 is 0. The van der Waals surface area contributed by atoms with Gasteiger partial charge in [-0.15, -0.1) is 0 Å². The van der Waals surface area contributed by atoms with Crippen LogP contribution in [0.1, 0.15) is 27.7 Å². The van der Waals surface area contributed by atoms with Crippen molar-refractivity contribution in [2.45, 2.75) is 32.6 Å². The Hall–Kier alpha value is -1.27. The Morgan fingerprint density at radius 3 is 2.10 bits per heavy atom. The van der Waals surface area contributed by atoms with Gasteiger partial charge < -0.3 is 11.1 Å². The minimum absolute atomic E-state index is 0.0330. The highest BCUT2D eigenvalue weighted by Crippen LogP contribution is 2.23. The van der Waals surface area contributed by atoms with Crippen molar-refractivity contribution in [1.82, 2.24) is 0 Å². The van der Waals surface area contributed by atoms with E-state index in [2.05, 4.69) is 33.0 Å². The summed E-state index contributed by atoms with van der Waals surface area (Å²) in [6.07, 6.45) is 0. The number of benzene rings is 1. The summed E-state index contributed by atoms with van der Waals surface area (Å²) in [5, 5.41) is 8.40. The zero-order valence-corrected chi connectivity index (χ0v) is 13.4. The molecule has 0 radical (unpaired) electrons. The van der Waals surface area contributed by atoms with Crippen LogP contribution in [0.15, 0.2) is 23.1 Å². The number of sulfonamides is 1. The van der Waals surface area contributed by atoms with Gasteiger partial charge in [-0.25, -0.2) is 13.6 Å². The van der Waals surface area contributed by atoms with E-state index in [1.807, 2.05) is 0 Å². The number of hydrogen-bond donors (Lipinski definition) is 3. The number of rotatable bonds is 6. The van der Waals surface area contributed by atoms with E-state index in [9.17, 15) is 8.42 Å². The molecule has 0 spiro atoms. The Bertz CT molecular complexity index is 546. The molecule has 0 aliphatic heterocycles. The molecule has 6 heteroatoms. The van der Waals surface area contributed by atoms with Crippen LogP contribution in [0.25, 0.3) is 0 Å².